The highest BCUT2D eigenvalue weighted by atomic mass is 127. The zero-order valence-corrected chi connectivity index (χ0v) is 15.6. The molecule has 21 heavy (non-hydrogen) atoms. The van der Waals surface area contributed by atoms with Gasteiger partial charge in [0.15, 0.2) is 5.96 Å². The first-order chi connectivity index (χ1) is 9.65. The average molecular weight is 407 g/mol. The molecule has 3 fully saturated rings. The van der Waals surface area contributed by atoms with E-state index in [-0.39, 0.29) is 24.0 Å². The molecule has 2 N–H and O–H groups in total. The lowest BCUT2D eigenvalue weighted by atomic mass is 9.73. The third-order valence-electron chi connectivity index (χ3n) is 5.72. The number of hydrogen-bond donors (Lipinski definition) is 2. The van der Waals surface area contributed by atoms with Crippen molar-refractivity contribution in [3.63, 3.8) is 0 Å². The van der Waals surface area contributed by atoms with E-state index >= 15 is 0 Å². The molecule has 3 aliphatic rings. The standard InChI is InChI=1S/C16H29N3O.HI/c1-17-14(18-12-16(20)8-5-9-16)19-11-10-15(13-19)6-3-2-4-7-15;/h20H,2-13H2,1H3,(H,17,18);1H. The molecule has 1 spiro atoms. The van der Waals surface area contributed by atoms with Crippen LogP contribution < -0.4 is 5.32 Å². The predicted octanol–water partition coefficient (Wildman–Crippen LogP) is 2.75. The van der Waals surface area contributed by atoms with E-state index in [1.165, 1.54) is 38.5 Å². The van der Waals surface area contributed by atoms with Gasteiger partial charge in [-0.15, -0.1) is 24.0 Å². The van der Waals surface area contributed by atoms with Gasteiger partial charge in [0, 0.05) is 26.7 Å². The summed E-state index contributed by atoms with van der Waals surface area (Å²) in [7, 11) is 1.86. The molecule has 0 atom stereocenters. The summed E-state index contributed by atoms with van der Waals surface area (Å²) >= 11 is 0. The number of hydrogen-bond acceptors (Lipinski definition) is 2. The number of aliphatic hydroxyl groups is 1. The van der Waals surface area contributed by atoms with Gasteiger partial charge >= 0.3 is 0 Å². The lowest BCUT2D eigenvalue weighted by molar-refractivity contribution is -0.0282. The van der Waals surface area contributed by atoms with Crippen molar-refractivity contribution in [3.05, 3.63) is 0 Å². The van der Waals surface area contributed by atoms with Crippen molar-refractivity contribution in [2.45, 2.75) is 63.4 Å². The number of nitrogens with one attached hydrogen (secondary N) is 1. The summed E-state index contributed by atoms with van der Waals surface area (Å²) in [5, 5.41) is 13.6. The minimum Gasteiger partial charge on any atom is -0.388 e. The molecule has 0 amide bonds. The number of nitrogens with zero attached hydrogens (tertiary/aromatic N) is 2. The average Bonchev–Trinajstić information content (AvgIpc) is 2.82. The van der Waals surface area contributed by atoms with Gasteiger partial charge < -0.3 is 15.3 Å². The van der Waals surface area contributed by atoms with E-state index in [2.05, 4.69) is 15.2 Å². The maximum absolute atomic E-state index is 10.2. The molecule has 2 saturated carbocycles. The second-order valence-electron chi connectivity index (χ2n) is 7.21. The third-order valence-corrected chi connectivity index (χ3v) is 5.72. The Morgan fingerprint density at radius 1 is 1.10 bits per heavy atom. The molecular weight excluding hydrogens is 377 g/mol. The van der Waals surface area contributed by atoms with E-state index in [4.69, 9.17) is 0 Å². The van der Waals surface area contributed by atoms with Crippen LogP contribution in [-0.4, -0.2) is 48.2 Å². The van der Waals surface area contributed by atoms with Crippen molar-refractivity contribution >= 4 is 29.9 Å². The van der Waals surface area contributed by atoms with Crippen molar-refractivity contribution in [2.75, 3.05) is 26.7 Å². The highest BCUT2D eigenvalue weighted by Crippen LogP contribution is 2.43. The number of rotatable bonds is 2. The van der Waals surface area contributed by atoms with Gasteiger partial charge in [-0.3, -0.25) is 4.99 Å². The van der Waals surface area contributed by atoms with Crippen molar-refractivity contribution in [1.29, 1.82) is 0 Å². The van der Waals surface area contributed by atoms with Gasteiger partial charge in [0.2, 0.25) is 0 Å². The molecule has 1 saturated heterocycles. The Kier molecular flexibility index (Phi) is 5.79. The lowest BCUT2D eigenvalue weighted by Crippen LogP contribution is -2.51. The fourth-order valence-electron chi connectivity index (χ4n) is 4.16. The summed E-state index contributed by atoms with van der Waals surface area (Å²) in [6.45, 7) is 2.94. The first kappa shape index (κ1) is 17.3. The summed E-state index contributed by atoms with van der Waals surface area (Å²) < 4.78 is 0. The second-order valence-corrected chi connectivity index (χ2v) is 7.21. The predicted molar refractivity (Wildman–Crippen MR) is 97.3 cm³/mol. The molecule has 2 aliphatic carbocycles. The van der Waals surface area contributed by atoms with Crippen LogP contribution in [0.4, 0.5) is 0 Å². The minimum atomic E-state index is -0.474. The van der Waals surface area contributed by atoms with Crippen LogP contribution in [0.5, 0.6) is 0 Å². The van der Waals surface area contributed by atoms with Crippen LogP contribution in [0.2, 0.25) is 0 Å². The minimum absolute atomic E-state index is 0. The first-order valence-corrected chi connectivity index (χ1v) is 8.33. The molecule has 5 heteroatoms. The summed E-state index contributed by atoms with van der Waals surface area (Å²) in [6, 6.07) is 0. The number of aliphatic imine (C=N–C) groups is 1. The van der Waals surface area contributed by atoms with Gasteiger partial charge in [-0.1, -0.05) is 19.3 Å². The molecule has 0 unspecified atom stereocenters. The van der Waals surface area contributed by atoms with Crippen LogP contribution in [-0.2, 0) is 0 Å². The van der Waals surface area contributed by atoms with Gasteiger partial charge in [0.1, 0.15) is 0 Å². The number of likely N-dealkylation sites (tertiary alicyclic amines) is 1. The van der Waals surface area contributed by atoms with Gasteiger partial charge in [-0.05, 0) is 43.9 Å². The largest absolute Gasteiger partial charge is 0.388 e. The Morgan fingerprint density at radius 3 is 2.38 bits per heavy atom. The molecule has 122 valence electrons. The Hall–Kier alpha value is -0.0400. The highest BCUT2D eigenvalue weighted by Gasteiger charge is 2.40. The topological polar surface area (TPSA) is 47.9 Å². The van der Waals surface area contributed by atoms with Crippen molar-refractivity contribution in [3.8, 4) is 0 Å². The Bertz CT molecular complexity index is 376. The fourth-order valence-corrected chi connectivity index (χ4v) is 4.16. The summed E-state index contributed by atoms with van der Waals surface area (Å²) in [6.07, 6.45) is 11.3. The van der Waals surface area contributed by atoms with Gasteiger partial charge in [0.05, 0.1) is 5.60 Å². The van der Waals surface area contributed by atoms with Crippen LogP contribution in [0.15, 0.2) is 4.99 Å². The third kappa shape index (κ3) is 3.84. The van der Waals surface area contributed by atoms with Gasteiger partial charge in [-0.2, -0.15) is 0 Å². The van der Waals surface area contributed by atoms with Crippen LogP contribution >= 0.6 is 24.0 Å². The van der Waals surface area contributed by atoms with E-state index in [1.807, 2.05) is 7.05 Å². The quantitative estimate of drug-likeness (QED) is 0.421. The van der Waals surface area contributed by atoms with Gasteiger partial charge in [0.25, 0.3) is 0 Å². The normalized spacial score (nSPS) is 27.1. The summed E-state index contributed by atoms with van der Waals surface area (Å²) in [5.41, 5.74) is 0.0848. The molecule has 0 bridgehead atoms. The van der Waals surface area contributed by atoms with E-state index in [0.29, 0.717) is 12.0 Å². The molecule has 0 radical (unpaired) electrons. The first-order valence-electron chi connectivity index (χ1n) is 8.33. The lowest BCUT2D eigenvalue weighted by Gasteiger charge is -2.38. The van der Waals surface area contributed by atoms with Crippen molar-refractivity contribution in [2.24, 2.45) is 10.4 Å². The molecular formula is C16H30IN3O. The second kappa shape index (κ2) is 7.02. The Morgan fingerprint density at radius 2 is 1.81 bits per heavy atom. The molecule has 0 aromatic heterocycles. The summed E-state index contributed by atoms with van der Waals surface area (Å²) in [4.78, 5) is 6.84. The van der Waals surface area contributed by atoms with Crippen LogP contribution in [0.25, 0.3) is 0 Å². The number of halogens is 1. The van der Waals surface area contributed by atoms with Crippen molar-refractivity contribution < 1.29 is 5.11 Å². The fraction of sp³-hybridized carbons (Fsp3) is 0.938. The van der Waals surface area contributed by atoms with E-state index in [1.54, 1.807) is 0 Å². The zero-order chi connectivity index (χ0) is 14.1. The smallest absolute Gasteiger partial charge is 0.193 e. The van der Waals surface area contributed by atoms with Crippen LogP contribution in [0.3, 0.4) is 0 Å². The molecule has 1 aliphatic heterocycles. The van der Waals surface area contributed by atoms with Crippen LogP contribution in [0, 0.1) is 5.41 Å². The summed E-state index contributed by atoms with van der Waals surface area (Å²) in [5.74, 6) is 0.993. The maximum Gasteiger partial charge on any atom is 0.193 e. The Labute approximate surface area is 145 Å². The molecule has 3 rings (SSSR count). The van der Waals surface area contributed by atoms with E-state index in [0.717, 1.165) is 38.3 Å². The Balaban J connectivity index is 0.00000161. The maximum atomic E-state index is 10.2. The van der Waals surface area contributed by atoms with E-state index in [9.17, 15) is 5.11 Å². The van der Waals surface area contributed by atoms with Gasteiger partial charge in [-0.25, -0.2) is 0 Å². The molecule has 4 nitrogen and oxygen atoms in total. The molecule has 1 heterocycles. The zero-order valence-electron chi connectivity index (χ0n) is 13.2. The monoisotopic (exact) mass is 407 g/mol. The SMILES string of the molecule is CN=C(NCC1(O)CCC1)N1CCC2(CCCCC2)C1.I. The van der Waals surface area contributed by atoms with Crippen molar-refractivity contribution in [1.82, 2.24) is 10.2 Å². The number of guanidine groups is 1. The molecule has 0 aromatic rings. The van der Waals surface area contributed by atoms with E-state index < -0.39 is 5.60 Å². The van der Waals surface area contributed by atoms with Crippen LogP contribution in [0.1, 0.15) is 57.8 Å². The molecule has 0 aromatic carbocycles. The highest BCUT2D eigenvalue weighted by molar-refractivity contribution is 14.0.